The summed E-state index contributed by atoms with van der Waals surface area (Å²) >= 11 is 0. The van der Waals surface area contributed by atoms with Crippen LogP contribution in [-0.4, -0.2) is 33.8 Å². The summed E-state index contributed by atoms with van der Waals surface area (Å²) in [5.41, 5.74) is 1.53. The predicted octanol–water partition coefficient (Wildman–Crippen LogP) is 3.90. The summed E-state index contributed by atoms with van der Waals surface area (Å²) in [4.78, 5) is 25.3. The number of nitrogens with one attached hydrogen (secondary N) is 2. The van der Waals surface area contributed by atoms with Crippen molar-refractivity contribution >= 4 is 33.2 Å². The third kappa shape index (κ3) is 5.15. The molecule has 3 aromatic rings. The smallest absolute Gasteiger partial charge is 0.264 e. The molecule has 0 unspecified atom stereocenters. The number of amides is 2. The second-order valence-electron chi connectivity index (χ2n) is 7.09. The van der Waals surface area contributed by atoms with Crippen LogP contribution >= 0.6 is 0 Å². The number of nitrogens with zero attached hydrogens (tertiary/aromatic N) is 1. The van der Waals surface area contributed by atoms with Gasteiger partial charge in [0.25, 0.3) is 21.8 Å². The molecular formula is C24H25N3O4S. The van der Waals surface area contributed by atoms with Gasteiger partial charge in [-0.3, -0.25) is 13.9 Å². The lowest BCUT2D eigenvalue weighted by atomic mass is 10.1. The van der Waals surface area contributed by atoms with Crippen LogP contribution in [0, 0.1) is 0 Å². The number of rotatable bonds is 8. The molecule has 0 atom stereocenters. The minimum atomic E-state index is -3.71. The van der Waals surface area contributed by atoms with E-state index in [1.54, 1.807) is 66.7 Å². The number of para-hydroxylation sites is 1. The van der Waals surface area contributed by atoms with Crippen molar-refractivity contribution in [2.45, 2.75) is 18.2 Å². The summed E-state index contributed by atoms with van der Waals surface area (Å²) in [7, 11) is -2.25. The number of carbonyl (C=O) groups is 2. The van der Waals surface area contributed by atoms with Crippen molar-refractivity contribution in [2.75, 3.05) is 23.2 Å². The molecule has 32 heavy (non-hydrogen) atoms. The number of hydrogen-bond donors (Lipinski definition) is 2. The van der Waals surface area contributed by atoms with Crippen molar-refractivity contribution in [3.05, 3.63) is 90.0 Å². The molecule has 0 aliphatic carbocycles. The van der Waals surface area contributed by atoms with Gasteiger partial charge in [-0.15, -0.1) is 0 Å². The van der Waals surface area contributed by atoms with Crippen LogP contribution in [0.5, 0.6) is 0 Å². The molecule has 0 spiro atoms. The Balaban J connectivity index is 1.76. The molecule has 7 nitrogen and oxygen atoms in total. The quantitative estimate of drug-likeness (QED) is 0.543. The maximum absolute atomic E-state index is 12.8. The van der Waals surface area contributed by atoms with E-state index >= 15 is 0 Å². The van der Waals surface area contributed by atoms with E-state index in [0.717, 1.165) is 10.7 Å². The van der Waals surface area contributed by atoms with Crippen LogP contribution in [0.1, 0.15) is 34.1 Å². The molecule has 0 bridgehead atoms. The fourth-order valence-electron chi connectivity index (χ4n) is 3.03. The number of sulfonamides is 1. The maximum atomic E-state index is 12.8. The minimum absolute atomic E-state index is 0.183. The van der Waals surface area contributed by atoms with E-state index in [4.69, 9.17) is 0 Å². The molecule has 2 amide bonds. The molecule has 0 aliphatic rings. The van der Waals surface area contributed by atoms with Gasteiger partial charge < -0.3 is 10.6 Å². The number of benzene rings is 3. The molecule has 3 rings (SSSR count). The highest BCUT2D eigenvalue weighted by molar-refractivity contribution is 7.92. The van der Waals surface area contributed by atoms with E-state index in [-0.39, 0.29) is 10.8 Å². The first kappa shape index (κ1) is 23.0. The number of hydrogen-bond acceptors (Lipinski definition) is 4. The molecule has 166 valence electrons. The van der Waals surface area contributed by atoms with Crippen molar-refractivity contribution in [3.63, 3.8) is 0 Å². The molecule has 0 radical (unpaired) electrons. The summed E-state index contributed by atoms with van der Waals surface area (Å²) in [6.07, 6.45) is 0.807. The van der Waals surface area contributed by atoms with Gasteiger partial charge in [-0.05, 0) is 55.0 Å². The van der Waals surface area contributed by atoms with E-state index in [1.165, 1.54) is 19.2 Å². The second kappa shape index (κ2) is 10.1. The first-order valence-corrected chi connectivity index (χ1v) is 11.6. The van der Waals surface area contributed by atoms with Gasteiger partial charge in [0.15, 0.2) is 0 Å². The monoisotopic (exact) mass is 451 g/mol. The second-order valence-corrected chi connectivity index (χ2v) is 9.06. The lowest BCUT2D eigenvalue weighted by Gasteiger charge is -2.19. The molecule has 8 heteroatoms. The third-order valence-corrected chi connectivity index (χ3v) is 6.65. The lowest BCUT2D eigenvalue weighted by molar-refractivity contribution is 0.0954. The van der Waals surface area contributed by atoms with Crippen LogP contribution < -0.4 is 14.9 Å². The van der Waals surface area contributed by atoms with Gasteiger partial charge in [0.2, 0.25) is 0 Å². The largest absolute Gasteiger partial charge is 0.352 e. The molecule has 3 aromatic carbocycles. The average molecular weight is 452 g/mol. The van der Waals surface area contributed by atoms with Gasteiger partial charge in [0.1, 0.15) is 0 Å². The normalized spacial score (nSPS) is 10.9. The zero-order valence-corrected chi connectivity index (χ0v) is 18.7. The average Bonchev–Trinajstić information content (AvgIpc) is 2.83. The molecule has 2 N–H and O–H groups in total. The van der Waals surface area contributed by atoms with Gasteiger partial charge in [-0.25, -0.2) is 8.42 Å². The molecule has 0 aliphatic heterocycles. The first-order chi connectivity index (χ1) is 15.3. The Morgan fingerprint density at radius 2 is 1.47 bits per heavy atom. The Bertz CT molecular complexity index is 1190. The Hall–Kier alpha value is -3.65. The maximum Gasteiger partial charge on any atom is 0.264 e. The highest BCUT2D eigenvalue weighted by Crippen LogP contribution is 2.23. The lowest BCUT2D eigenvalue weighted by Crippen LogP contribution is -2.26. The van der Waals surface area contributed by atoms with E-state index in [2.05, 4.69) is 10.6 Å². The summed E-state index contributed by atoms with van der Waals surface area (Å²) in [5.74, 6) is -0.660. The van der Waals surface area contributed by atoms with Crippen molar-refractivity contribution in [1.82, 2.24) is 5.32 Å². The fourth-order valence-corrected chi connectivity index (χ4v) is 4.25. The van der Waals surface area contributed by atoms with E-state index < -0.39 is 15.9 Å². The van der Waals surface area contributed by atoms with Gasteiger partial charge in [-0.2, -0.15) is 0 Å². The number of anilines is 2. The summed E-state index contributed by atoms with van der Waals surface area (Å²) in [5, 5.41) is 5.55. The molecule has 0 fully saturated rings. The van der Waals surface area contributed by atoms with Gasteiger partial charge in [0, 0.05) is 19.2 Å². The van der Waals surface area contributed by atoms with Gasteiger partial charge >= 0.3 is 0 Å². The van der Waals surface area contributed by atoms with Gasteiger partial charge in [-0.1, -0.05) is 37.3 Å². The van der Waals surface area contributed by atoms with E-state index in [9.17, 15) is 18.0 Å². The minimum Gasteiger partial charge on any atom is -0.352 e. The van der Waals surface area contributed by atoms with Crippen LogP contribution in [0.15, 0.2) is 83.8 Å². The molecular weight excluding hydrogens is 426 g/mol. The molecule has 0 saturated carbocycles. The molecule has 0 heterocycles. The topological polar surface area (TPSA) is 95.6 Å². The van der Waals surface area contributed by atoms with Crippen LogP contribution in [0.3, 0.4) is 0 Å². The Morgan fingerprint density at radius 3 is 2.12 bits per heavy atom. The highest BCUT2D eigenvalue weighted by atomic mass is 32.2. The Morgan fingerprint density at radius 1 is 0.844 bits per heavy atom. The summed E-state index contributed by atoms with van der Waals surface area (Å²) in [6, 6.07) is 21.1. The predicted molar refractivity (Wildman–Crippen MR) is 125 cm³/mol. The fraction of sp³-hybridized carbons (Fsp3) is 0.167. The Kier molecular flexibility index (Phi) is 7.27. The molecule has 0 saturated heterocycles. The highest BCUT2D eigenvalue weighted by Gasteiger charge is 2.21. The van der Waals surface area contributed by atoms with Gasteiger partial charge in [0.05, 0.1) is 21.8 Å². The third-order valence-electron chi connectivity index (χ3n) is 4.85. The van der Waals surface area contributed by atoms with Crippen molar-refractivity contribution in [3.8, 4) is 0 Å². The van der Waals surface area contributed by atoms with Crippen molar-refractivity contribution in [2.24, 2.45) is 0 Å². The van der Waals surface area contributed by atoms with E-state index in [0.29, 0.717) is 29.0 Å². The SMILES string of the molecule is CCCNC(=O)c1ccccc1NC(=O)c1ccc(N(C)S(=O)(=O)c2ccccc2)cc1. The molecule has 0 aromatic heterocycles. The Labute approximate surface area is 188 Å². The summed E-state index contributed by atoms with van der Waals surface area (Å²) < 4.78 is 26.7. The zero-order chi connectivity index (χ0) is 23.1. The van der Waals surface area contributed by atoms with Crippen LogP contribution in [0.4, 0.5) is 11.4 Å². The van der Waals surface area contributed by atoms with Crippen LogP contribution in [0.25, 0.3) is 0 Å². The zero-order valence-electron chi connectivity index (χ0n) is 17.9. The standard InChI is InChI=1S/C24H25N3O4S/c1-3-17-25-24(29)21-11-7-8-12-22(21)26-23(28)18-13-15-19(16-14-18)27(2)32(30,31)20-9-5-4-6-10-20/h4-16H,3,17H2,1-2H3,(H,25,29)(H,26,28). The first-order valence-electron chi connectivity index (χ1n) is 10.2. The van der Waals surface area contributed by atoms with Crippen molar-refractivity contribution < 1.29 is 18.0 Å². The van der Waals surface area contributed by atoms with E-state index in [1.807, 2.05) is 6.92 Å². The number of carbonyl (C=O) groups excluding carboxylic acids is 2. The van der Waals surface area contributed by atoms with Crippen molar-refractivity contribution in [1.29, 1.82) is 0 Å². The van der Waals surface area contributed by atoms with Crippen LogP contribution in [-0.2, 0) is 10.0 Å². The summed E-state index contributed by atoms with van der Waals surface area (Å²) in [6.45, 7) is 2.50. The van der Waals surface area contributed by atoms with Crippen LogP contribution in [0.2, 0.25) is 0 Å².